The quantitative estimate of drug-likeness (QED) is 0.149. The predicted molar refractivity (Wildman–Crippen MR) is 166 cm³/mol. The Bertz CT molecular complexity index is 1220. The molecule has 0 bridgehead atoms. The van der Waals surface area contributed by atoms with Crippen molar-refractivity contribution in [3.05, 3.63) is 57.6 Å². The molecule has 1 aliphatic heterocycles. The van der Waals surface area contributed by atoms with Gasteiger partial charge in [-0.25, -0.2) is 9.13 Å². The second-order valence-corrected chi connectivity index (χ2v) is 17.3. The minimum atomic E-state index is -4.64. The Balaban J connectivity index is 0.000000759. The van der Waals surface area contributed by atoms with Crippen LogP contribution in [0.1, 0.15) is 116 Å². The first-order valence-electron chi connectivity index (χ1n) is 13.5. The molecule has 6 N–H and O–H groups in total. The maximum Gasteiger partial charge on any atom is 0.881 e. The summed E-state index contributed by atoms with van der Waals surface area (Å²) in [4.78, 5) is 43.1. The smallest absolute Gasteiger partial charge is 0.615 e. The summed E-state index contributed by atoms with van der Waals surface area (Å²) in [5, 5.41) is 0. The fourth-order valence-corrected chi connectivity index (χ4v) is 5.02. The number of fused-ring (bicyclic) bond motifs is 2. The predicted octanol–water partition coefficient (Wildman–Crippen LogP) is 5.92. The van der Waals surface area contributed by atoms with Gasteiger partial charge in [0.05, 0.1) is 11.5 Å². The average Bonchev–Trinajstić information content (AvgIpc) is 2.67. The third kappa shape index (κ3) is 13.2. The minimum absolute atomic E-state index is 0.00333. The van der Waals surface area contributed by atoms with Crippen molar-refractivity contribution in [2.24, 2.45) is 0 Å². The van der Waals surface area contributed by atoms with Crippen molar-refractivity contribution in [1.29, 1.82) is 0 Å². The lowest BCUT2D eigenvalue weighted by Gasteiger charge is -2.33. The molecule has 2 aromatic rings. The molecule has 0 aliphatic carbocycles. The molecule has 0 saturated heterocycles. The number of phosphoric acid groups is 2. The van der Waals surface area contributed by atoms with Crippen molar-refractivity contribution in [2.45, 2.75) is 111 Å². The van der Waals surface area contributed by atoms with Crippen molar-refractivity contribution in [2.75, 3.05) is 0 Å². The van der Waals surface area contributed by atoms with E-state index in [1.165, 1.54) is 33.4 Å². The molecule has 3 rings (SSSR count). The van der Waals surface area contributed by atoms with Crippen LogP contribution in [-0.4, -0.2) is 45.2 Å². The van der Waals surface area contributed by atoms with Gasteiger partial charge in [0.1, 0.15) is 0 Å². The van der Waals surface area contributed by atoms with Crippen LogP contribution in [-0.2, 0) is 37.2 Å². The molecule has 237 valence electrons. The van der Waals surface area contributed by atoms with Gasteiger partial charge >= 0.3 is 31.5 Å². The molecular weight excluding hydrogens is 597 g/mol. The molecule has 0 aromatic heterocycles. The highest BCUT2D eigenvalue weighted by atomic mass is 31.2. The van der Waals surface area contributed by atoms with Crippen molar-refractivity contribution in [3.63, 3.8) is 0 Å². The topological polar surface area (TPSA) is 174 Å². The van der Waals surface area contributed by atoms with Crippen molar-refractivity contribution >= 4 is 31.5 Å². The molecule has 0 atom stereocenters. The van der Waals surface area contributed by atoms with E-state index in [0.29, 0.717) is 0 Å². The van der Waals surface area contributed by atoms with Crippen LogP contribution in [0.4, 0.5) is 0 Å². The first-order chi connectivity index (χ1) is 18.4. The second-order valence-electron chi connectivity index (χ2n) is 14.6. The van der Waals surface area contributed by atoms with Gasteiger partial charge in [0.15, 0.2) is 0 Å². The molecule has 0 unspecified atom stereocenters. The molecule has 1 heterocycles. The second kappa shape index (κ2) is 13.4. The van der Waals surface area contributed by atoms with Gasteiger partial charge < -0.3 is 36.9 Å². The SMILES string of the molecule is CC(C)(C)c1cc2c(c(C(C)(C)C)c1)[O][Al][O]c1c(cc(C(C)(C)C)cc1C(C)(C)C)C2.O=P(O)(O)O.O=P(O)(O)O. The summed E-state index contributed by atoms with van der Waals surface area (Å²) in [7, 11) is -9.28. The molecule has 1 aliphatic rings. The summed E-state index contributed by atoms with van der Waals surface area (Å²) < 4.78 is 30.6. The van der Waals surface area contributed by atoms with Crippen LogP contribution < -0.4 is 7.58 Å². The molecule has 0 fully saturated rings. The lowest BCUT2D eigenvalue weighted by molar-refractivity contribution is 0.272. The van der Waals surface area contributed by atoms with E-state index in [4.69, 9.17) is 46.1 Å². The Kier molecular flexibility index (Phi) is 12.4. The van der Waals surface area contributed by atoms with Gasteiger partial charge in [-0.15, -0.1) is 0 Å². The van der Waals surface area contributed by atoms with E-state index in [1.54, 1.807) is 0 Å². The standard InChI is InChI=1S/C29H44O2.Al.2H3O4P/c1-26(2,3)20-14-18(24(30)22(16-20)28(7,8)9)13-19-15-21(27(4,5)6)17-23(25(19)31)29(10,11)12;;2*1-5(2,3)4/h14-17,30-31H,13H2,1-12H3;;2*(H3,1,2,3,4)/q;+2;;/p-2. The number of hydrogen-bond acceptors (Lipinski definition) is 4. The van der Waals surface area contributed by atoms with E-state index < -0.39 is 31.5 Å². The highest BCUT2D eigenvalue weighted by Gasteiger charge is 2.31. The van der Waals surface area contributed by atoms with Crippen LogP contribution in [0.2, 0.25) is 0 Å². The molecule has 0 spiro atoms. The van der Waals surface area contributed by atoms with E-state index in [-0.39, 0.29) is 21.7 Å². The van der Waals surface area contributed by atoms with Gasteiger partial charge in [-0.2, -0.15) is 0 Å². The van der Waals surface area contributed by atoms with Gasteiger partial charge in [-0.1, -0.05) is 107 Å². The fraction of sp³-hybridized carbons (Fsp3) is 0.586. The van der Waals surface area contributed by atoms with Crippen molar-refractivity contribution in [3.8, 4) is 11.5 Å². The molecule has 0 saturated carbocycles. The van der Waals surface area contributed by atoms with Gasteiger partial charge in [0, 0.05) is 6.42 Å². The van der Waals surface area contributed by atoms with Gasteiger partial charge in [-0.05, 0) is 55.0 Å². The lowest BCUT2D eigenvalue weighted by Crippen LogP contribution is -2.25. The Labute approximate surface area is 257 Å². The summed E-state index contributed by atoms with van der Waals surface area (Å²) >= 11 is -0.638. The first-order valence-corrected chi connectivity index (χ1v) is 17.5. The average molecular weight is 646 g/mol. The van der Waals surface area contributed by atoms with Gasteiger partial charge in [0.2, 0.25) is 0 Å². The normalized spacial score (nSPS) is 14.1. The summed E-state index contributed by atoms with van der Waals surface area (Å²) in [6.07, 6.45) is 0.824. The van der Waals surface area contributed by atoms with Crippen LogP contribution in [0.3, 0.4) is 0 Å². The lowest BCUT2D eigenvalue weighted by atomic mass is 9.76. The minimum Gasteiger partial charge on any atom is -0.615 e. The van der Waals surface area contributed by atoms with Crippen LogP contribution in [0.15, 0.2) is 24.3 Å². The molecular formula is C29H48AlO10P2. The number of benzene rings is 2. The highest BCUT2D eigenvalue weighted by molar-refractivity contribution is 7.45. The zero-order chi connectivity index (χ0) is 33.3. The monoisotopic (exact) mass is 645 g/mol. The Morgan fingerprint density at radius 2 is 0.810 bits per heavy atom. The Hall–Kier alpha value is -1.21. The molecule has 13 heteroatoms. The third-order valence-electron chi connectivity index (χ3n) is 6.39. The summed E-state index contributed by atoms with van der Waals surface area (Å²) in [5.41, 5.74) is 8.01. The van der Waals surface area contributed by atoms with Crippen LogP contribution in [0.25, 0.3) is 0 Å². The van der Waals surface area contributed by atoms with E-state index >= 15 is 0 Å². The molecule has 42 heavy (non-hydrogen) atoms. The maximum atomic E-state index is 8.88. The highest BCUT2D eigenvalue weighted by Crippen LogP contribution is 2.44. The van der Waals surface area contributed by atoms with Crippen molar-refractivity contribution < 1.29 is 46.1 Å². The molecule has 1 radical (unpaired) electrons. The van der Waals surface area contributed by atoms with Crippen LogP contribution >= 0.6 is 15.6 Å². The van der Waals surface area contributed by atoms with Gasteiger partial charge in [-0.3, -0.25) is 0 Å². The third-order valence-corrected chi connectivity index (χ3v) is 7.06. The summed E-state index contributed by atoms with van der Waals surface area (Å²) in [6, 6.07) is 9.46. The van der Waals surface area contributed by atoms with Crippen LogP contribution in [0, 0.1) is 0 Å². The molecule has 10 nitrogen and oxygen atoms in total. The van der Waals surface area contributed by atoms with Gasteiger partial charge in [0.25, 0.3) is 0 Å². The van der Waals surface area contributed by atoms with E-state index in [1.807, 2.05) is 0 Å². The van der Waals surface area contributed by atoms with Crippen LogP contribution in [0.5, 0.6) is 11.5 Å². The Morgan fingerprint density at radius 3 is 1.02 bits per heavy atom. The fourth-order valence-electron chi connectivity index (χ4n) is 4.22. The van der Waals surface area contributed by atoms with E-state index in [2.05, 4.69) is 107 Å². The van der Waals surface area contributed by atoms with Crippen molar-refractivity contribution in [1.82, 2.24) is 0 Å². The number of rotatable bonds is 0. The molecule has 0 amide bonds. The number of hydrogen-bond donors (Lipinski definition) is 6. The first kappa shape index (κ1) is 38.8. The van der Waals surface area contributed by atoms with E-state index in [9.17, 15) is 0 Å². The summed E-state index contributed by atoms with van der Waals surface area (Å²) in [6.45, 7) is 27.4. The zero-order valence-corrected chi connectivity index (χ0v) is 29.7. The Morgan fingerprint density at radius 1 is 0.548 bits per heavy atom. The summed E-state index contributed by atoms with van der Waals surface area (Å²) in [5.74, 6) is 2.06. The van der Waals surface area contributed by atoms with E-state index in [0.717, 1.165) is 17.9 Å². The maximum absolute atomic E-state index is 8.88. The zero-order valence-electron chi connectivity index (χ0n) is 26.8. The molecule has 2 aromatic carbocycles. The largest absolute Gasteiger partial charge is 0.881 e.